The summed E-state index contributed by atoms with van der Waals surface area (Å²) in [6.07, 6.45) is 5.86. The molecule has 5 rings (SSSR count). The average molecular weight is 408 g/mol. The van der Waals surface area contributed by atoms with E-state index in [4.69, 9.17) is 9.47 Å². The Morgan fingerprint density at radius 1 is 1.27 bits per heavy atom. The van der Waals surface area contributed by atoms with Gasteiger partial charge in [0.25, 0.3) is 5.91 Å². The lowest BCUT2D eigenvalue weighted by molar-refractivity contribution is -0.0768. The number of pyridine rings is 1. The van der Waals surface area contributed by atoms with Crippen LogP contribution < -0.4 is 0 Å². The predicted molar refractivity (Wildman–Crippen MR) is 113 cm³/mol. The molecule has 6 heteroatoms. The van der Waals surface area contributed by atoms with Gasteiger partial charge in [0.05, 0.1) is 25.4 Å². The Morgan fingerprint density at radius 2 is 2.13 bits per heavy atom. The molecule has 30 heavy (non-hydrogen) atoms. The lowest BCUT2D eigenvalue weighted by atomic mass is 9.75. The number of benzene rings is 1. The number of nitrogens with zero attached hydrogens (tertiary/aromatic N) is 3. The van der Waals surface area contributed by atoms with E-state index in [1.807, 2.05) is 41.4 Å². The smallest absolute Gasteiger partial charge is 0.253 e. The van der Waals surface area contributed by atoms with E-state index in [9.17, 15) is 4.79 Å². The molecule has 0 saturated carbocycles. The third kappa shape index (κ3) is 3.75. The highest BCUT2D eigenvalue weighted by Crippen LogP contribution is 2.39. The van der Waals surface area contributed by atoms with E-state index in [2.05, 4.69) is 16.9 Å². The maximum Gasteiger partial charge on any atom is 0.253 e. The Morgan fingerprint density at radius 3 is 2.97 bits per heavy atom. The molecule has 2 fully saturated rings. The molecule has 0 N–H and O–H groups in total. The summed E-state index contributed by atoms with van der Waals surface area (Å²) in [4.78, 5) is 21.6. The van der Waals surface area contributed by atoms with E-state index < -0.39 is 0 Å². The Bertz CT molecular complexity index is 911. The van der Waals surface area contributed by atoms with Gasteiger partial charge in [0.15, 0.2) is 0 Å². The summed E-state index contributed by atoms with van der Waals surface area (Å²) < 4.78 is 11.5. The quantitative estimate of drug-likeness (QED) is 0.763. The van der Waals surface area contributed by atoms with Gasteiger partial charge >= 0.3 is 0 Å². The Hall–Kier alpha value is -2.28. The first-order chi connectivity index (χ1) is 14.6. The van der Waals surface area contributed by atoms with Crippen LogP contribution in [-0.4, -0.2) is 59.5 Å². The van der Waals surface area contributed by atoms with Gasteiger partial charge in [-0.15, -0.1) is 0 Å². The molecule has 0 bridgehead atoms. The van der Waals surface area contributed by atoms with Crippen molar-refractivity contribution in [3.63, 3.8) is 0 Å². The monoisotopic (exact) mass is 407 g/mol. The van der Waals surface area contributed by atoms with Crippen molar-refractivity contribution < 1.29 is 14.3 Å². The summed E-state index contributed by atoms with van der Waals surface area (Å²) in [5.41, 5.74) is 4.34. The van der Waals surface area contributed by atoms with E-state index in [0.29, 0.717) is 25.7 Å². The Kier molecular flexibility index (Phi) is 5.31. The van der Waals surface area contributed by atoms with Crippen LogP contribution in [0.25, 0.3) is 0 Å². The molecular weight excluding hydrogens is 378 g/mol. The molecule has 1 spiro atoms. The van der Waals surface area contributed by atoms with Gasteiger partial charge in [-0.2, -0.15) is 0 Å². The first-order valence-corrected chi connectivity index (χ1v) is 10.8. The third-order valence-electron chi connectivity index (χ3n) is 6.92. The Balaban J connectivity index is 1.16. The van der Waals surface area contributed by atoms with Gasteiger partial charge in [0.1, 0.15) is 0 Å². The minimum atomic E-state index is 0.0933. The lowest BCUT2D eigenvalue weighted by Gasteiger charge is -2.58. The van der Waals surface area contributed by atoms with Gasteiger partial charge in [0.2, 0.25) is 0 Å². The Labute approximate surface area is 177 Å². The van der Waals surface area contributed by atoms with E-state index in [0.717, 1.165) is 55.8 Å². The molecule has 2 saturated heterocycles. The van der Waals surface area contributed by atoms with Crippen molar-refractivity contribution in [1.29, 1.82) is 0 Å². The van der Waals surface area contributed by atoms with Crippen LogP contribution in [0.1, 0.15) is 39.9 Å². The fourth-order valence-electron chi connectivity index (χ4n) is 5.04. The number of ether oxygens (including phenoxy) is 2. The lowest BCUT2D eigenvalue weighted by Crippen LogP contribution is -2.72. The average Bonchev–Trinajstić information content (AvgIpc) is 3.21. The number of likely N-dealkylation sites (N-methyl/N-ethyl adjacent to an activating group) is 1. The molecule has 1 aromatic heterocycles. The third-order valence-corrected chi connectivity index (χ3v) is 6.92. The van der Waals surface area contributed by atoms with Crippen molar-refractivity contribution in [2.45, 2.75) is 38.2 Å². The van der Waals surface area contributed by atoms with Gasteiger partial charge in [-0.1, -0.05) is 12.1 Å². The maximum absolute atomic E-state index is 13.0. The number of hydrogen-bond donors (Lipinski definition) is 0. The van der Waals surface area contributed by atoms with E-state index >= 15 is 0 Å². The zero-order valence-electron chi connectivity index (χ0n) is 17.5. The van der Waals surface area contributed by atoms with Gasteiger partial charge in [-0.25, -0.2) is 0 Å². The molecule has 1 amide bonds. The van der Waals surface area contributed by atoms with Crippen LogP contribution in [-0.2, 0) is 29.3 Å². The zero-order chi connectivity index (χ0) is 20.6. The number of carbonyl (C=O) groups excluding carboxylic acids is 1. The summed E-state index contributed by atoms with van der Waals surface area (Å²) in [7, 11) is 2.20. The number of aromatic nitrogens is 1. The molecule has 3 aliphatic heterocycles. The highest BCUT2D eigenvalue weighted by Gasteiger charge is 2.51. The summed E-state index contributed by atoms with van der Waals surface area (Å²) in [5.74, 6) is 0.672. The molecule has 4 heterocycles. The molecule has 0 aliphatic carbocycles. The van der Waals surface area contributed by atoms with Crippen LogP contribution in [0.15, 0.2) is 42.7 Å². The van der Waals surface area contributed by atoms with Crippen molar-refractivity contribution >= 4 is 5.91 Å². The standard InChI is InChI=1S/C24H29N3O3/c1-26-8-6-18(12-29-13-19-3-2-7-25-11-19)10-24(26)16-27(17-24)23(28)20-4-5-21-14-30-15-22(21)9-20/h2-5,7,9,11,18H,6,8,10,12-17H2,1H3. The number of likely N-dealkylation sites (tertiary alicyclic amines) is 2. The maximum atomic E-state index is 13.0. The number of piperidine rings is 1. The molecule has 158 valence electrons. The van der Waals surface area contributed by atoms with Crippen molar-refractivity contribution in [2.75, 3.05) is 33.3 Å². The van der Waals surface area contributed by atoms with Crippen LogP contribution in [0.5, 0.6) is 0 Å². The summed E-state index contributed by atoms with van der Waals surface area (Å²) >= 11 is 0. The number of rotatable bonds is 5. The van der Waals surface area contributed by atoms with E-state index in [1.54, 1.807) is 6.20 Å². The normalized spacial score (nSPS) is 22.7. The van der Waals surface area contributed by atoms with Crippen molar-refractivity contribution in [2.24, 2.45) is 5.92 Å². The second kappa shape index (κ2) is 8.10. The number of fused-ring (bicyclic) bond motifs is 1. The number of hydrogen-bond acceptors (Lipinski definition) is 5. The van der Waals surface area contributed by atoms with E-state index in [-0.39, 0.29) is 11.4 Å². The number of carbonyl (C=O) groups is 1. The molecule has 1 atom stereocenters. The second-order valence-electron chi connectivity index (χ2n) is 9.02. The van der Waals surface area contributed by atoms with Gasteiger partial charge in [0, 0.05) is 37.7 Å². The largest absolute Gasteiger partial charge is 0.376 e. The summed E-state index contributed by atoms with van der Waals surface area (Å²) in [5, 5.41) is 0. The summed E-state index contributed by atoms with van der Waals surface area (Å²) in [6.45, 7) is 5.31. The van der Waals surface area contributed by atoms with Crippen LogP contribution in [0.2, 0.25) is 0 Å². The fourth-order valence-corrected chi connectivity index (χ4v) is 5.04. The van der Waals surface area contributed by atoms with Gasteiger partial charge in [-0.3, -0.25) is 14.7 Å². The van der Waals surface area contributed by atoms with Crippen molar-refractivity contribution in [3.05, 3.63) is 65.0 Å². The van der Waals surface area contributed by atoms with Crippen molar-refractivity contribution in [1.82, 2.24) is 14.8 Å². The molecule has 6 nitrogen and oxygen atoms in total. The van der Waals surface area contributed by atoms with Gasteiger partial charge < -0.3 is 14.4 Å². The first kappa shape index (κ1) is 19.7. The highest BCUT2D eigenvalue weighted by atomic mass is 16.5. The van der Waals surface area contributed by atoms with Crippen molar-refractivity contribution in [3.8, 4) is 0 Å². The fraction of sp³-hybridized carbons (Fsp3) is 0.500. The van der Waals surface area contributed by atoms with Crippen LogP contribution in [0.4, 0.5) is 0 Å². The predicted octanol–water partition coefficient (Wildman–Crippen LogP) is 2.87. The van der Waals surface area contributed by atoms with E-state index in [1.165, 1.54) is 5.56 Å². The van der Waals surface area contributed by atoms with Crippen LogP contribution in [0, 0.1) is 5.92 Å². The minimum absolute atomic E-state index is 0.0933. The second-order valence-corrected chi connectivity index (χ2v) is 9.02. The van der Waals surface area contributed by atoms with Gasteiger partial charge in [-0.05, 0) is 67.2 Å². The molecule has 3 aliphatic rings. The number of amides is 1. The molecular formula is C24H29N3O3. The topological polar surface area (TPSA) is 54.9 Å². The zero-order valence-corrected chi connectivity index (χ0v) is 17.5. The minimum Gasteiger partial charge on any atom is -0.376 e. The molecule has 2 aromatic rings. The SMILES string of the molecule is CN1CCC(COCc2cccnc2)CC12CN(C(=O)c1ccc3c(c1)COC3)C2. The molecule has 1 aromatic carbocycles. The molecule has 0 radical (unpaired) electrons. The highest BCUT2D eigenvalue weighted by molar-refractivity contribution is 5.95. The molecule has 1 unspecified atom stereocenters. The first-order valence-electron chi connectivity index (χ1n) is 10.8. The van der Waals surface area contributed by atoms with Crippen LogP contribution in [0.3, 0.4) is 0 Å². The van der Waals surface area contributed by atoms with Crippen LogP contribution >= 0.6 is 0 Å². The summed E-state index contributed by atoms with van der Waals surface area (Å²) in [6, 6.07) is 9.98.